The summed E-state index contributed by atoms with van der Waals surface area (Å²) in [6, 6.07) is 7.02. The summed E-state index contributed by atoms with van der Waals surface area (Å²) in [5.74, 6) is 0. The lowest BCUT2D eigenvalue weighted by Gasteiger charge is -2.12. The van der Waals surface area contributed by atoms with Crippen molar-refractivity contribution in [3.05, 3.63) is 34.9 Å². The van der Waals surface area contributed by atoms with Crippen molar-refractivity contribution in [3.8, 4) is 0 Å². The van der Waals surface area contributed by atoms with Crippen molar-refractivity contribution in [2.45, 2.75) is 6.54 Å². The fraction of sp³-hybridized carbons (Fsp3) is 0.250. The average Bonchev–Trinajstić information content (AvgIpc) is 2.07. The smallest absolute Gasteiger partial charge is 0.195 e. The summed E-state index contributed by atoms with van der Waals surface area (Å²) in [5, 5.41) is 0.527. The lowest BCUT2D eigenvalue weighted by molar-refractivity contribution is 0.480. The Morgan fingerprint density at radius 3 is 2.43 bits per heavy atom. The third-order valence-electron chi connectivity index (χ3n) is 1.72. The van der Waals surface area contributed by atoms with E-state index in [9.17, 15) is 8.42 Å². The van der Waals surface area contributed by atoms with Gasteiger partial charge >= 0.3 is 0 Å². The molecule has 14 heavy (non-hydrogen) atoms. The summed E-state index contributed by atoms with van der Waals surface area (Å²) in [6.07, 6.45) is 0. The third-order valence-corrected chi connectivity index (χ3v) is 3.67. The molecule has 0 unspecified atom stereocenters. The average molecular weight is 254 g/mol. The van der Waals surface area contributed by atoms with Gasteiger partial charge in [0.2, 0.25) is 0 Å². The van der Waals surface area contributed by atoms with E-state index < -0.39 is 9.24 Å². The minimum atomic E-state index is -3.67. The van der Waals surface area contributed by atoms with E-state index in [1.165, 1.54) is 7.05 Å². The topological polar surface area (TPSA) is 37.4 Å². The summed E-state index contributed by atoms with van der Waals surface area (Å²) < 4.78 is 22.8. The molecular weight excluding hydrogens is 245 g/mol. The van der Waals surface area contributed by atoms with Gasteiger partial charge in [0.1, 0.15) is 0 Å². The molecule has 0 aliphatic rings. The molecule has 0 N–H and O–H groups in total. The second-order valence-corrected chi connectivity index (χ2v) is 5.81. The molecule has 6 heteroatoms. The number of halogens is 2. The van der Waals surface area contributed by atoms with Gasteiger partial charge in [-0.25, -0.2) is 0 Å². The molecular formula is C8H9Cl2NO2S. The highest BCUT2D eigenvalue weighted by Gasteiger charge is 2.14. The van der Waals surface area contributed by atoms with Crippen LogP contribution in [0.25, 0.3) is 0 Å². The first-order valence-corrected chi connectivity index (χ1v) is 6.45. The fourth-order valence-electron chi connectivity index (χ4n) is 0.944. The molecule has 78 valence electrons. The van der Waals surface area contributed by atoms with Crippen molar-refractivity contribution in [1.82, 2.24) is 4.31 Å². The molecule has 0 atom stereocenters. The highest BCUT2D eigenvalue weighted by Crippen LogP contribution is 2.18. The van der Waals surface area contributed by atoms with E-state index in [2.05, 4.69) is 0 Å². The van der Waals surface area contributed by atoms with Gasteiger partial charge in [-0.15, -0.1) is 0 Å². The Balaban J connectivity index is 2.85. The number of rotatable bonds is 3. The number of benzene rings is 1. The van der Waals surface area contributed by atoms with Gasteiger partial charge in [0, 0.05) is 29.3 Å². The SMILES string of the molecule is CN(Cc1ccccc1Cl)S(=O)(=O)Cl. The van der Waals surface area contributed by atoms with E-state index in [1.807, 2.05) is 0 Å². The quantitative estimate of drug-likeness (QED) is 0.776. The maximum Gasteiger partial charge on any atom is 0.299 e. The molecule has 0 heterocycles. The van der Waals surface area contributed by atoms with Crippen LogP contribution in [0, 0.1) is 0 Å². The second kappa shape index (κ2) is 4.49. The van der Waals surface area contributed by atoms with Gasteiger partial charge in [0.25, 0.3) is 9.24 Å². The second-order valence-electron chi connectivity index (χ2n) is 2.79. The van der Waals surface area contributed by atoms with E-state index >= 15 is 0 Å². The van der Waals surface area contributed by atoms with Crippen LogP contribution in [-0.4, -0.2) is 19.8 Å². The zero-order chi connectivity index (χ0) is 10.8. The summed E-state index contributed by atoms with van der Waals surface area (Å²) in [6.45, 7) is 0.172. The van der Waals surface area contributed by atoms with Gasteiger partial charge in [-0.1, -0.05) is 29.8 Å². The highest BCUT2D eigenvalue weighted by atomic mass is 35.7. The first kappa shape index (κ1) is 11.8. The van der Waals surface area contributed by atoms with Crippen LogP contribution >= 0.6 is 22.3 Å². The van der Waals surface area contributed by atoms with E-state index in [4.69, 9.17) is 22.3 Å². The van der Waals surface area contributed by atoms with Crippen molar-refractivity contribution >= 4 is 31.5 Å². The van der Waals surface area contributed by atoms with Crippen LogP contribution in [0.3, 0.4) is 0 Å². The molecule has 0 saturated carbocycles. The first-order valence-electron chi connectivity index (χ1n) is 3.80. The van der Waals surface area contributed by atoms with Crippen LogP contribution in [0.2, 0.25) is 5.02 Å². The maximum atomic E-state index is 10.9. The monoisotopic (exact) mass is 253 g/mol. The van der Waals surface area contributed by atoms with Crippen LogP contribution in [0.5, 0.6) is 0 Å². The Kier molecular flexibility index (Phi) is 3.78. The maximum absolute atomic E-state index is 10.9. The zero-order valence-electron chi connectivity index (χ0n) is 7.44. The van der Waals surface area contributed by atoms with Gasteiger partial charge in [0.05, 0.1) is 0 Å². The molecule has 3 nitrogen and oxygen atoms in total. The minimum absolute atomic E-state index is 0.172. The van der Waals surface area contributed by atoms with Gasteiger partial charge in [-0.2, -0.15) is 12.7 Å². The van der Waals surface area contributed by atoms with Gasteiger partial charge in [-0.3, -0.25) is 0 Å². The van der Waals surface area contributed by atoms with Crippen molar-refractivity contribution in [3.63, 3.8) is 0 Å². The molecule has 1 aromatic rings. The molecule has 0 aliphatic heterocycles. The normalized spacial score (nSPS) is 12.0. The molecule has 0 fully saturated rings. The van der Waals surface area contributed by atoms with Gasteiger partial charge in [-0.05, 0) is 11.6 Å². The summed E-state index contributed by atoms with van der Waals surface area (Å²) in [4.78, 5) is 0. The Morgan fingerprint density at radius 2 is 1.93 bits per heavy atom. The van der Waals surface area contributed by atoms with E-state index in [-0.39, 0.29) is 6.54 Å². The van der Waals surface area contributed by atoms with Crippen molar-refractivity contribution < 1.29 is 8.42 Å². The van der Waals surface area contributed by atoms with E-state index in [1.54, 1.807) is 24.3 Å². The minimum Gasteiger partial charge on any atom is -0.195 e. The molecule has 0 aromatic heterocycles. The molecule has 0 spiro atoms. The van der Waals surface area contributed by atoms with Crippen LogP contribution < -0.4 is 0 Å². The zero-order valence-corrected chi connectivity index (χ0v) is 9.77. The van der Waals surface area contributed by atoms with Gasteiger partial charge < -0.3 is 0 Å². The van der Waals surface area contributed by atoms with Crippen LogP contribution in [0.1, 0.15) is 5.56 Å². The molecule has 0 bridgehead atoms. The van der Waals surface area contributed by atoms with Gasteiger partial charge in [0.15, 0.2) is 0 Å². The Labute approximate surface area is 92.8 Å². The van der Waals surface area contributed by atoms with Crippen molar-refractivity contribution in [2.24, 2.45) is 0 Å². The molecule has 1 aromatic carbocycles. The molecule has 0 saturated heterocycles. The Morgan fingerprint density at radius 1 is 1.36 bits per heavy atom. The van der Waals surface area contributed by atoms with E-state index in [0.717, 1.165) is 9.87 Å². The highest BCUT2D eigenvalue weighted by molar-refractivity contribution is 8.11. The van der Waals surface area contributed by atoms with Crippen LogP contribution in [0.15, 0.2) is 24.3 Å². The Hall–Kier alpha value is -0.290. The molecule has 0 amide bonds. The summed E-state index contributed by atoms with van der Waals surface area (Å²) in [7, 11) is 2.86. The largest absolute Gasteiger partial charge is 0.299 e. The van der Waals surface area contributed by atoms with Crippen LogP contribution in [-0.2, 0) is 15.8 Å². The number of nitrogens with zero attached hydrogens (tertiary/aromatic N) is 1. The summed E-state index contributed by atoms with van der Waals surface area (Å²) in [5.41, 5.74) is 0.723. The van der Waals surface area contributed by atoms with E-state index in [0.29, 0.717) is 5.02 Å². The van der Waals surface area contributed by atoms with Crippen LogP contribution in [0.4, 0.5) is 0 Å². The number of hydrogen-bond acceptors (Lipinski definition) is 2. The Bertz CT molecular complexity index is 419. The molecule has 0 radical (unpaired) electrons. The lowest BCUT2D eigenvalue weighted by atomic mass is 10.2. The summed E-state index contributed by atoms with van der Waals surface area (Å²) >= 11 is 5.85. The predicted molar refractivity (Wildman–Crippen MR) is 57.7 cm³/mol. The predicted octanol–water partition coefficient (Wildman–Crippen LogP) is 2.26. The number of hydrogen-bond donors (Lipinski definition) is 0. The molecule has 0 aliphatic carbocycles. The van der Waals surface area contributed by atoms with Crippen molar-refractivity contribution in [1.29, 1.82) is 0 Å². The first-order chi connectivity index (χ1) is 6.41. The molecule has 1 rings (SSSR count). The lowest BCUT2D eigenvalue weighted by Crippen LogP contribution is -2.21. The standard InChI is InChI=1S/C8H9Cl2NO2S/c1-11(14(10,12)13)6-7-4-2-3-5-8(7)9/h2-5H,6H2,1H3. The third kappa shape index (κ3) is 3.13. The van der Waals surface area contributed by atoms with Crippen molar-refractivity contribution in [2.75, 3.05) is 7.05 Å². The fourth-order valence-corrected chi connectivity index (χ4v) is 1.58.